The number of nitrogens with one attached hydrogen (secondary N) is 1. The van der Waals surface area contributed by atoms with Gasteiger partial charge in [-0.1, -0.05) is 30.3 Å². The highest BCUT2D eigenvalue weighted by molar-refractivity contribution is 7.99. The zero-order valence-corrected chi connectivity index (χ0v) is 15.1. The van der Waals surface area contributed by atoms with Crippen molar-refractivity contribution in [1.82, 2.24) is 10.2 Å². The molecule has 2 amide bonds. The summed E-state index contributed by atoms with van der Waals surface area (Å²) in [7, 11) is 0. The van der Waals surface area contributed by atoms with Gasteiger partial charge < -0.3 is 10.2 Å². The molecule has 2 atom stereocenters. The number of benzene rings is 1. The molecule has 5 heteroatoms. The molecule has 1 aliphatic heterocycles. The summed E-state index contributed by atoms with van der Waals surface area (Å²) in [6.45, 7) is 4.95. The average molecular weight is 347 g/mol. The van der Waals surface area contributed by atoms with E-state index in [9.17, 15) is 4.79 Å². The average Bonchev–Trinajstić information content (AvgIpc) is 3.02. The quantitative estimate of drug-likeness (QED) is 0.880. The van der Waals surface area contributed by atoms with Crippen LogP contribution in [-0.4, -0.2) is 29.0 Å². The summed E-state index contributed by atoms with van der Waals surface area (Å²) in [6.07, 6.45) is 0. The summed E-state index contributed by atoms with van der Waals surface area (Å²) >= 11 is 3.66. The van der Waals surface area contributed by atoms with Crippen LogP contribution in [0.2, 0.25) is 0 Å². The zero-order chi connectivity index (χ0) is 16.2. The largest absolute Gasteiger partial charge is 0.331 e. The van der Waals surface area contributed by atoms with E-state index in [4.69, 9.17) is 0 Å². The molecule has 3 rings (SSSR count). The van der Waals surface area contributed by atoms with E-state index in [1.807, 2.05) is 34.9 Å². The number of carbonyl (C=O) groups excluding carboxylic acids is 1. The Balaban J connectivity index is 1.71. The molecule has 2 heterocycles. The molecule has 1 N–H and O–H groups in total. The number of aryl methyl sites for hydroxylation is 1. The van der Waals surface area contributed by atoms with E-state index in [0.29, 0.717) is 0 Å². The second-order valence-electron chi connectivity index (χ2n) is 5.81. The molecule has 1 aromatic carbocycles. The molecular weight excluding hydrogens is 324 g/mol. The lowest BCUT2D eigenvalue weighted by Crippen LogP contribution is -2.46. The molecule has 0 bridgehead atoms. The Morgan fingerprint density at radius 2 is 2.04 bits per heavy atom. The molecule has 1 aliphatic rings. The van der Waals surface area contributed by atoms with Gasteiger partial charge in [0.2, 0.25) is 0 Å². The number of nitrogens with zero attached hydrogens (tertiary/aromatic N) is 1. The van der Waals surface area contributed by atoms with Gasteiger partial charge in [0.05, 0.1) is 12.1 Å². The first-order valence-corrected chi connectivity index (χ1v) is 9.88. The lowest BCUT2D eigenvalue weighted by Gasteiger charge is -2.36. The molecule has 1 fully saturated rings. The van der Waals surface area contributed by atoms with Gasteiger partial charge in [0.15, 0.2) is 0 Å². The van der Waals surface area contributed by atoms with Crippen molar-refractivity contribution < 1.29 is 4.79 Å². The number of hydrogen-bond acceptors (Lipinski definition) is 3. The van der Waals surface area contributed by atoms with Crippen LogP contribution in [0.3, 0.4) is 0 Å². The Labute approximate surface area is 146 Å². The molecule has 2 unspecified atom stereocenters. The van der Waals surface area contributed by atoms with E-state index >= 15 is 0 Å². The lowest BCUT2D eigenvalue weighted by atomic mass is 10.1. The first-order chi connectivity index (χ1) is 11.1. The van der Waals surface area contributed by atoms with E-state index in [0.717, 1.165) is 18.1 Å². The molecule has 2 aromatic rings. The van der Waals surface area contributed by atoms with Crippen molar-refractivity contribution in [2.24, 2.45) is 0 Å². The fourth-order valence-corrected chi connectivity index (χ4v) is 4.79. The predicted molar refractivity (Wildman–Crippen MR) is 99.2 cm³/mol. The van der Waals surface area contributed by atoms with Gasteiger partial charge in [0, 0.05) is 27.8 Å². The number of carbonyl (C=O) groups is 1. The van der Waals surface area contributed by atoms with Gasteiger partial charge >= 0.3 is 6.03 Å². The van der Waals surface area contributed by atoms with Crippen molar-refractivity contribution >= 4 is 29.1 Å². The Morgan fingerprint density at radius 3 is 2.74 bits per heavy atom. The summed E-state index contributed by atoms with van der Waals surface area (Å²) < 4.78 is 0. The van der Waals surface area contributed by atoms with Gasteiger partial charge in [-0.15, -0.1) is 11.3 Å². The molecular formula is C18H22N2OS2. The van der Waals surface area contributed by atoms with Crippen LogP contribution in [0.4, 0.5) is 4.79 Å². The van der Waals surface area contributed by atoms with Gasteiger partial charge in [-0.25, -0.2) is 4.79 Å². The third kappa shape index (κ3) is 3.90. The smallest absolute Gasteiger partial charge is 0.318 e. The first kappa shape index (κ1) is 16.4. The molecule has 3 nitrogen and oxygen atoms in total. The van der Waals surface area contributed by atoms with Crippen molar-refractivity contribution in [1.29, 1.82) is 0 Å². The number of thioether (sulfide) groups is 1. The monoisotopic (exact) mass is 346 g/mol. The fourth-order valence-electron chi connectivity index (χ4n) is 2.82. The molecule has 0 aliphatic carbocycles. The number of amides is 2. The number of thiophene rings is 1. The highest BCUT2D eigenvalue weighted by Crippen LogP contribution is 2.30. The first-order valence-electron chi connectivity index (χ1n) is 7.91. The van der Waals surface area contributed by atoms with Crippen molar-refractivity contribution in [3.8, 4) is 0 Å². The standard InChI is InChI=1S/C18H22N2OS2/c1-13-8-9-17(23-13)14(2)19-18(21)20-10-11-22-12-16(20)15-6-4-3-5-7-15/h3-9,14,16H,10-12H2,1-2H3,(H,19,21). The van der Waals surface area contributed by atoms with Gasteiger partial charge in [-0.3, -0.25) is 0 Å². The van der Waals surface area contributed by atoms with Crippen LogP contribution < -0.4 is 5.32 Å². The van der Waals surface area contributed by atoms with Crippen LogP contribution in [0, 0.1) is 6.92 Å². The Hall–Kier alpha value is -1.46. The molecule has 0 saturated carbocycles. The van der Waals surface area contributed by atoms with Crippen LogP contribution in [0.15, 0.2) is 42.5 Å². The highest BCUT2D eigenvalue weighted by atomic mass is 32.2. The molecule has 122 valence electrons. The van der Waals surface area contributed by atoms with Crippen molar-refractivity contribution in [2.45, 2.75) is 25.9 Å². The summed E-state index contributed by atoms with van der Waals surface area (Å²) in [6, 6.07) is 14.8. The van der Waals surface area contributed by atoms with E-state index in [2.05, 4.69) is 43.4 Å². The molecule has 1 aromatic heterocycles. The Kier molecular flexibility index (Phi) is 5.28. The SMILES string of the molecule is Cc1ccc(C(C)NC(=O)N2CCSCC2c2ccccc2)s1. The van der Waals surface area contributed by atoms with Gasteiger partial charge in [-0.2, -0.15) is 11.8 Å². The molecule has 0 radical (unpaired) electrons. The van der Waals surface area contributed by atoms with E-state index < -0.39 is 0 Å². The summed E-state index contributed by atoms with van der Waals surface area (Å²) in [5, 5.41) is 3.17. The van der Waals surface area contributed by atoms with Crippen LogP contribution in [0.25, 0.3) is 0 Å². The highest BCUT2D eigenvalue weighted by Gasteiger charge is 2.29. The molecule has 1 saturated heterocycles. The van der Waals surface area contributed by atoms with E-state index in [1.165, 1.54) is 15.3 Å². The maximum absolute atomic E-state index is 12.8. The fraction of sp³-hybridized carbons (Fsp3) is 0.389. The molecule has 23 heavy (non-hydrogen) atoms. The van der Waals surface area contributed by atoms with Crippen molar-refractivity contribution in [3.63, 3.8) is 0 Å². The number of urea groups is 1. The van der Waals surface area contributed by atoms with Gasteiger partial charge in [0.25, 0.3) is 0 Å². The van der Waals surface area contributed by atoms with Crippen LogP contribution >= 0.6 is 23.1 Å². The predicted octanol–water partition coefficient (Wildman–Crippen LogP) is 4.62. The number of hydrogen-bond donors (Lipinski definition) is 1. The molecule has 0 spiro atoms. The minimum atomic E-state index is 0.0395. The van der Waals surface area contributed by atoms with Gasteiger partial charge in [0.1, 0.15) is 0 Å². The van der Waals surface area contributed by atoms with E-state index in [-0.39, 0.29) is 18.1 Å². The second-order valence-corrected chi connectivity index (χ2v) is 8.28. The van der Waals surface area contributed by atoms with Gasteiger partial charge in [-0.05, 0) is 31.5 Å². The maximum atomic E-state index is 12.8. The van der Waals surface area contributed by atoms with E-state index in [1.54, 1.807) is 11.3 Å². The minimum absolute atomic E-state index is 0.0395. The third-order valence-corrected chi connectivity index (χ3v) is 6.31. The third-order valence-electron chi connectivity index (χ3n) is 4.10. The summed E-state index contributed by atoms with van der Waals surface area (Å²) in [4.78, 5) is 17.3. The normalized spacial score (nSPS) is 19.4. The van der Waals surface area contributed by atoms with Crippen molar-refractivity contribution in [3.05, 3.63) is 57.8 Å². The van der Waals surface area contributed by atoms with Crippen LogP contribution in [0.5, 0.6) is 0 Å². The van der Waals surface area contributed by atoms with Crippen molar-refractivity contribution in [2.75, 3.05) is 18.1 Å². The topological polar surface area (TPSA) is 32.3 Å². The second kappa shape index (κ2) is 7.41. The van der Waals surface area contributed by atoms with Crippen LogP contribution in [-0.2, 0) is 0 Å². The zero-order valence-electron chi connectivity index (χ0n) is 13.5. The number of rotatable bonds is 3. The Bertz CT molecular complexity index is 656. The van der Waals surface area contributed by atoms with Crippen LogP contribution in [0.1, 0.15) is 34.3 Å². The lowest BCUT2D eigenvalue weighted by molar-refractivity contribution is 0.179. The summed E-state index contributed by atoms with van der Waals surface area (Å²) in [5.41, 5.74) is 1.22. The summed E-state index contributed by atoms with van der Waals surface area (Å²) in [5.74, 6) is 1.97. The Morgan fingerprint density at radius 1 is 1.26 bits per heavy atom. The maximum Gasteiger partial charge on any atom is 0.318 e. The minimum Gasteiger partial charge on any atom is -0.331 e.